The Bertz CT molecular complexity index is 144. The van der Waals surface area contributed by atoms with Crippen LogP contribution in [0.15, 0.2) is 0 Å². The van der Waals surface area contributed by atoms with Crippen molar-refractivity contribution in [3.8, 4) is 12.3 Å². The molecule has 0 aromatic carbocycles. The van der Waals surface area contributed by atoms with Gasteiger partial charge in [0.2, 0.25) is 0 Å². The van der Waals surface area contributed by atoms with Crippen molar-refractivity contribution < 1.29 is 4.39 Å². The van der Waals surface area contributed by atoms with E-state index in [0.29, 0.717) is 0 Å². The predicted molar refractivity (Wildman–Crippen MR) is 43.9 cm³/mol. The first-order valence-electron chi connectivity index (χ1n) is 4.13. The Morgan fingerprint density at radius 2 is 2.55 bits per heavy atom. The van der Waals surface area contributed by atoms with E-state index in [0.717, 1.165) is 25.9 Å². The molecule has 0 aromatic rings. The van der Waals surface area contributed by atoms with E-state index in [9.17, 15) is 4.39 Å². The van der Waals surface area contributed by atoms with Gasteiger partial charge in [-0.25, -0.2) is 4.39 Å². The first kappa shape index (κ1) is 8.55. The zero-order chi connectivity index (χ0) is 8.10. The highest BCUT2D eigenvalue weighted by Gasteiger charge is 2.21. The highest BCUT2D eigenvalue weighted by atomic mass is 19.1. The van der Waals surface area contributed by atoms with Crippen molar-refractivity contribution in [1.29, 1.82) is 0 Å². The third-order valence-corrected chi connectivity index (χ3v) is 2.16. The van der Waals surface area contributed by atoms with Crippen LogP contribution in [0, 0.1) is 18.3 Å². The molecule has 11 heavy (non-hydrogen) atoms. The largest absolute Gasteiger partial charge is 0.316 e. The molecule has 1 rings (SSSR count). The van der Waals surface area contributed by atoms with E-state index >= 15 is 0 Å². The molecule has 62 valence electrons. The van der Waals surface area contributed by atoms with Gasteiger partial charge in [-0.15, -0.1) is 12.3 Å². The molecule has 1 nitrogen and oxygen atoms in total. The first-order valence-corrected chi connectivity index (χ1v) is 4.13. The van der Waals surface area contributed by atoms with Crippen molar-refractivity contribution >= 4 is 0 Å². The van der Waals surface area contributed by atoms with Gasteiger partial charge < -0.3 is 5.32 Å². The fraction of sp³-hybridized carbons (Fsp3) is 0.778. The van der Waals surface area contributed by atoms with E-state index in [2.05, 4.69) is 11.2 Å². The third-order valence-electron chi connectivity index (χ3n) is 2.16. The Morgan fingerprint density at radius 1 is 1.73 bits per heavy atom. The third kappa shape index (κ3) is 2.51. The van der Waals surface area contributed by atoms with Gasteiger partial charge in [0.05, 0.1) is 0 Å². The molecule has 1 fully saturated rings. The maximum atomic E-state index is 13.1. The molecule has 1 N–H and O–H groups in total. The summed E-state index contributed by atoms with van der Waals surface area (Å²) in [7, 11) is 0. The van der Waals surface area contributed by atoms with E-state index in [-0.39, 0.29) is 12.3 Å². The topological polar surface area (TPSA) is 12.0 Å². The highest BCUT2D eigenvalue weighted by Crippen LogP contribution is 2.18. The van der Waals surface area contributed by atoms with Gasteiger partial charge >= 0.3 is 0 Å². The van der Waals surface area contributed by atoms with Crippen LogP contribution in [-0.2, 0) is 0 Å². The van der Waals surface area contributed by atoms with Crippen molar-refractivity contribution in [1.82, 2.24) is 5.32 Å². The summed E-state index contributed by atoms with van der Waals surface area (Å²) < 4.78 is 13.1. The summed E-state index contributed by atoms with van der Waals surface area (Å²) >= 11 is 0. The summed E-state index contributed by atoms with van der Waals surface area (Å²) in [5, 5.41) is 3.17. The summed E-state index contributed by atoms with van der Waals surface area (Å²) in [6, 6.07) is 0. The van der Waals surface area contributed by atoms with Gasteiger partial charge in [0.15, 0.2) is 0 Å². The zero-order valence-electron chi connectivity index (χ0n) is 6.65. The lowest BCUT2D eigenvalue weighted by Gasteiger charge is -2.24. The summed E-state index contributed by atoms with van der Waals surface area (Å²) in [6.45, 7) is 1.82. The Kier molecular flexibility index (Phi) is 3.38. The Labute approximate surface area is 67.4 Å². The number of hydrogen-bond donors (Lipinski definition) is 1. The SMILES string of the molecule is C#CCC(F)C1CCCNC1. The molecule has 0 spiro atoms. The van der Waals surface area contributed by atoms with Crippen molar-refractivity contribution in [2.24, 2.45) is 5.92 Å². The van der Waals surface area contributed by atoms with Crippen LogP contribution in [0.3, 0.4) is 0 Å². The second kappa shape index (κ2) is 4.35. The molecule has 0 aliphatic carbocycles. The molecule has 0 amide bonds. The molecule has 0 aromatic heterocycles. The summed E-state index contributed by atoms with van der Waals surface area (Å²) in [4.78, 5) is 0. The van der Waals surface area contributed by atoms with Crippen LogP contribution in [0.25, 0.3) is 0 Å². The molecule has 2 atom stereocenters. The lowest BCUT2D eigenvalue weighted by molar-refractivity contribution is 0.196. The van der Waals surface area contributed by atoms with E-state index in [4.69, 9.17) is 6.42 Å². The second-order valence-corrected chi connectivity index (χ2v) is 3.03. The van der Waals surface area contributed by atoms with Crippen molar-refractivity contribution in [3.63, 3.8) is 0 Å². The van der Waals surface area contributed by atoms with Crippen LogP contribution in [0.2, 0.25) is 0 Å². The number of nitrogens with one attached hydrogen (secondary N) is 1. The average molecular weight is 155 g/mol. The molecule has 1 heterocycles. The van der Waals surface area contributed by atoms with Gasteiger partial charge in [0.1, 0.15) is 6.17 Å². The number of rotatable bonds is 2. The molecule has 1 aliphatic heterocycles. The molecule has 2 unspecified atom stereocenters. The van der Waals surface area contributed by atoms with Crippen LogP contribution in [0.4, 0.5) is 4.39 Å². The summed E-state index contributed by atoms with van der Waals surface area (Å²) in [6.07, 6.45) is 6.56. The van der Waals surface area contributed by atoms with Gasteiger partial charge in [-0.2, -0.15) is 0 Å². The molecule has 0 saturated carbocycles. The fourth-order valence-corrected chi connectivity index (χ4v) is 1.47. The smallest absolute Gasteiger partial charge is 0.115 e. The van der Waals surface area contributed by atoms with Crippen molar-refractivity contribution in [2.75, 3.05) is 13.1 Å². The standard InChI is InChI=1S/C9H14FN/c1-2-4-9(10)8-5-3-6-11-7-8/h1,8-9,11H,3-7H2. The lowest BCUT2D eigenvalue weighted by Crippen LogP contribution is -2.34. The van der Waals surface area contributed by atoms with E-state index in [1.165, 1.54) is 0 Å². The molecule has 0 bridgehead atoms. The summed E-state index contributed by atoms with van der Waals surface area (Å²) in [5.41, 5.74) is 0. The fourth-order valence-electron chi connectivity index (χ4n) is 1.47. The van der Waals surface area contributed by atoms with E-state index < -0.39 is 6.17 Å². The maximum Gasteiger partial charge on any atom is 0.115 e. The second-order valence-electron chi connectivity index (χ2n) is 3.03. The van der Waals surface area contributed by atoms with E-state index in [1.54, 1.807) is 0 Å². The van der Waals surface area contributed by atoms with Crippen LogP contribution < -0.4 is 5.32 Å². The normalized spacial score (nSPS) is 27.5. The van der Waals surface area contributed by atoms with Crippen LogP contribution in [0.1, 0.15) is 19.3 Å². The van der Waals surface area contributed by atoms with Crippen LogP contribution in [-0.4, -0.2) is 19.3 Å². The van der Waals surface area contributed by atoms with Gasteiger partial charge in [-0.3, -0.25) is 0 Å². The lowest BCUT2D eigenvalue weighted by atomic mass is 9.93. The monoisotopic (exact) mass is 155 g/mol. The molecule has 1 aliphatic rings. The summed E-state index contributed by atoms with van der Waals surface area (Å²) in [5.74, 6) is 2.51. The zero-order valence-corrected chi connectivity index (χ0v) is 6.65. The minimum Gasteiger partial charge on any atom is -0.316 e. The van der Waals surface area contributed by atoms with Crippen molar-refractivity contribution in [3.05, 3.63) is 0 Å². The average Bonchev–Trinajstić information content (AvgIpc) is 2.07. The molecule has 1 saturated heterocycles. The molecule has 2 heteroatoms. The Balaban J connectivity index is 2.27. The quantitative estimate of drug-likeness (QED) is 0.593. The van der Waals surface area contributed by atoms with Gasteiger partial charge in [-0.1, -0.05) is 0 Å². The van der Waals surface area contributed by atoms with Gasteiger partial charge in [0.25, 0.3) is 0 Å². The van der Waals surface area contributed by atoms with E-state index in [1.807, 2.05) is 0 Å². The van der Waals surface area contributed by atoms with Gasteiger partial charge in [-0.05, 0) is 19.4 Å². The van der Waals surface area contributed by atoms with Crippen molar-refractivity contribution in [2.45, 2.75) is 25.4 Å². The minimum absolute atomic E-state index is 0.153. The van der Waals surface area contributed by atoms with Crippen LogP contribution >= 0.6 is 0 Å². The Hall–Kier alpha value is -0.550. The number of hydrogen-bond acceptors (Lipinski definition) is 1. The van der Waals surface area contributed by atoms with Gasteiger partial charge in [0, 0.05) is 18.9 Å². The number of terminal acetylenes is 1. The molecular weight excluding hydrogens is 141 g/mol. The molecular formula is C9H14FN. The predicted octanol–water partition coefficient (Wildman–Crippen LogP) is 1.35. The first-order chi connectivity index (χ1) is 5.34. The Morgan fingerprint density at radius 3 is 3.09 bits per heavy atom. The maximum absolute atomic E-state index is 13.1. The minimum atomic E-state index is -0.798. The molecule has 0 radical (unpaired) electrons. The van der Waals surface area contributed by atoms with Crippen LogP contribution in [0.5, 0.6) is 0 Å². The number of alkyl halides is 1. The number of piperidine rings is 1. The highest BCUT2D eigenvalue weighted by molar-refractivity contribution is 4.90. The number of halogens is 1.